The zero-order valence-corrected chi connectivity index (χ0v) is 16.1. The topological polar surface area (TPSA) is 198 Å². The first-order chi connectivity index (χ1) is 13.5. The number of nitrogens with one attached hydrogen (secondary N) is 1. The number of amides is 1. The molecule has 1 rings (SSSR count). The molecule has 13 nitrogen and oxygen atoms in total. The number of carbonyl (C=O) groups is 4. The molecule has 1 fully saturated rings. The number of methoxy groups -OCH3 is 1. The molecule has 0 aromatic rings. The van der Waals surface area contributed by atoms with E-state index in [2.05, 4.69) is 5.32 Å². The molecule has 0 aromatic carbocycles. The normalized spacial score (nSPS) is 28.7. The number of ether oxygens (including phenoxy) is 4. The van der Waals surface area contributed by atoms with Crippen molar-refractivity contribution in [1.82, 2.24) is 5.32 Å². The van der Waals surface area contributed by atoms with Gasteiger partial charge in [-0.1, -0.05) is 0 Å². The Morgan fingerprint density at radius 3 is 2.24 bits per heavy atom. The molecular formula is C16H25NO12. The lowest BCUT2D eigenvalue weighted by atomic mass is 9.88. The Labute approximate surface area is 165 Å². The molecule has 29 heavy (non-hydrogen) atoms. The number of aliphatic carboxylic acids is 1. The predicted octanol–water partition coefficient (Wildman–Crippen LogP) is -3.10. The van der Waals surface area contributed by atoms with Gasteiger partial charge in [0.25, 0.3) is 5.79 Å². The monoisotopic (exact) mass is 423 g/mol. The number of aliphatic hydroxyl groups is 3. The standard InChI is InChI=1S/C16H25NO12/c1-7(20)27-9-4-16(25,15(23)24)29-14(12(9)17-11(22)6-19)13(28-8(2)21)10(5-18)26-3/h9-10,12-14,18-19,25H,4-6H2,1-3H3,(H,17,22)(H,23,24)/t9-,10?,12+,13?,14+,16?/m0/s1. The highest BCUT2D eigenvalue weighted by atomic mass is 16.7. The third kappa shape index (κ3) is 6.33. The van der Waals surface area contributed by atoms with Gasteiger partial charge in [-0.3, -0.25) is 14.4 Å². The van der Waals surface area contributed by atoms with E-state index in [-0.39, 0.29) is 0 Å². The van der Waals surface area contributed by atoms with Crippen molar-refractivity contribution >= 4 is 23.8 Å². The summed E-state index contributed by atoms with van der Waals surface area (Å²) in [6.45, 7) is 0.364. The van der Waals surface area contributed by atoms with Crippen molar-refractivity contribution in [2.24, 2.45) is 0 Å². The van der Waals surface area contributed by atoms with E-state index in [1.807, 2.05) is 0 Å². The van der Waals surface area contributed by atoms with Gasteiger partial charge < -0.3 is 44.7 Å². The summed E-state index contributed by atoms with van der Waals surface area (Å²) in [4.78, 5) is 46.4. The lowest BCUT2D eigenvalue weighted by Crippen LogP contribution is -2.68. The first-order valence-corrected chi connectivity index (χ1v) is 8.51. The minimum Gasteiger partial charge on any atom is -0.477 e. The Kier molecular flexibility index (Phi) is 8.91. The first kappa shape index (κ1) is 24.7. The Bertz CT molecular complexity index is 621. The molecule has 166 valence electrons. The van der Waals surface area contributed by atoms with Gasteiger partial charge in [0.2, 0.25) is 5.91 Å². The van der Waals surface area contributed by atoms with Crippen LogP contribution in [0.2, 0.25) is 0 Å². The van der Waals surface area contributed by atoms with Crippen molar-refractivity contribution in [2.45, 2.75) is 56.5 Å². The zero-order chi connectivity index (χ0) is 22.4. The number of hydrogen-bond acceptors (Lipinski definition) is 11. The summed E-state index contributed by atoms with van der Waals surface area (Å²) in [6.07, 6.45) is -6.66. The van der Waals surface area contributed by atoms with Crippen LogP contribution in [0.15, 0.2) is 0 Å². The van der Waals surface area contributed by atoms with Crippen LogP contribution >= 0.6 is 0 Å². The highest BCUT2D eigenvalue weighted by Gasteiger charge is 2.56. The lowest BCUT2D eigenvalue weighted by Gasteiger charge is -2.46. The quantitative estimate of drug-likeness (QED) is 0.234. The minimum atomic E-state index is -2.88. The molecular weight excluding hydrogens is 398 g/mol. The number of hydrogen-bond donors (Lipinski definition) is 5. The minimum absolute atomic E-state index is 0.710. The SMILES string of the molecule is COC(CO)C(OC(C)=O)[C@@H]1OC(O)(C(=O)O)C[C@H](OC(C)=O)[C@H]1NC(=O)CO. The van der Waals surface area contributed by atoms with Gasteiger partial charge >= 0.3 is 17.9 Å². The van der Waals surface area contributed by atoms with Crippen LogP contribution in [-0.4, -0.2) is 101 Å². The van der Waals surface area contributed by atoms with E-state index in [1.54, 1.807) is 0 Å². The van der Waals surface area contributed by atoms with Gasteiger partial charge in [0.1, 0.15) is 24.9 Å². The second-order valence-electron chi connectivity index (χ2n) is 6.31. The predicted molar refractivity (Wildman–Crippen MR) is 90.1 cm³/mol. The number of aliphatic hydroxyl groups excluding tert-OH is 2. The number of carbonyl (C=O) groups excluding carboxylic acids is 3. The summed E-state index contributed by atoms with van der Waals surface area (Å²) < 4.78 is 20.4. The molecule has 0 radical (unpaired) electrons. The van der Waals surface area contributed by atoms with E-state index in [0.29, 0.717) is 0 Å². The molecule has 0 aromatic heterocycles. The number of carboxylic acid groups (broad SMARTS) is 1. The maximum Gasteiger partial charge on any atom is 0.364 e. The third-order valence-corrected chi connectivity index (χ3v) is 4.16. The highest BCUT2D eigenvalue weighted by Crippen LogP contribution is 2.33. The third-order valence-electron chi connectivity index (χ3n) is 4.16. The molecule has 13 heteroatoms. The van der Waals surface area contributed by atoms with Crippen LogP contribution in [0.3, 0.4) is 0 Å². The lowest BCUT2D eigenvalue weighted by molar-refractivity contribution is -0.298. The summed E-state index contributed by atoms with van der Waals surface area (Å²) in [7, 11) is 1.16. The van der Waals surface area contributed by atoms with Crippen molar-refractivity contribution in [3.63, 3.8) is 0 Å². The number of esters is 2. The van der Waals surface area contributed by atoms with Crippen molar-refractivity contribution in [2.75, 3.05) is 20.3 Å². The summed E-state index contributed by atoms with van der Waals surface area (Å²) >= 11 is 0. The molecule has 1 aliphatic heterocycles. The molecule has 6 atom stereocenters. The summed E-state index contributed by atoms with van der Waals surface area (Å²) in [5.74, 6) is -7.37. The van der Waals surface area contributed by atoms with Crippen LogP contribution in [0.1, 0.15) is 20.3 Å². The Morgan fingerprint density at radius 2 is 1.83 bits per heavy atom. The van der Waals surface area contributed by atoms with Crippen LogP contribution in [0.4, 0.5) is 0 Å². The molecule has 1 heterocycles. The van der Waals surface area contributed by atoms with Crippen LogP contribution in [0.25, 0.3) is 0 Å². The Morgan fingerprint density at radius 1 is 1.21 bits per heavy atom. The molecule has 3 unspecified atom stereocenters. The van der Waals surface area contributed by atoms with Gasteiger partial charge in [0, 0.05) is 21.0 Å². The molecule has 1 amide bonds. The second kappa shape index (κ2) is 10.5. The largest absolute Gasteiger partial charge is 0.477 e. The molecule has 0 aliphatic carbocycles. The summed E-state index contributed by atoms with van der Waals surface area (Å²) in [5, 5.41) is 40.6. The van der Waals surface area contributed by atoms with Crippen LogP contribution in [-0.2, 0) is 38.1 Å². The van der Waals surface area contributed by atoms with Crippen molar-refractivity contribution in [1.29, 1.82) is 0 Å². The van der Waals surface area contributed by atoms with Gasteiger partial charge in [-0.2, -0.15) is 0 Å². The van der Waals surface area contributed by atoms with Gasteiger partial charge in [-0.05, 0) is 0 Å². The number of carboxylic acids is 1. The highest BCUT2D eigenvalue weighted by molar-refractivity contribution is 5.78. The fraction of sp³-hybridized carbons (Fsp3) is 0.750. The van der Waals surface area contributed by atoms with E-state index >= 15 is 0 Å². The maximum atomic E-state index is 11.8. The molecule has 5 N–H and O–H groups in total. The van der Waals surface area contributed by atoms with Crippen LogP contribution in [0.5, 0.6) is 0 Å². The summed E-state index contributed by atoms with van der Waals surface area (Å²) in [6, 6.07) is -1.37. The van der Waals surface area contributed by atoms with Crippen LogP contribution < -0.4 is 5.32 Å². The van der Waals surface area contributed by atoms with Crippen molar-refractivity contribution < 1.29 is 58.6 Å². The van der Waals surface area contributed by atoms with Crippen molar-refractivity contribution in [3.05, 3.63) is 0 Å². The first-order valence-electron chi connectivity index (χ1n) is 8.51. The molecule has 0 spiro atoms. The molecule has 1 saturated heterocycles. The van der Waals surface area contributed by atoms with Gasteiger partial charge in [0.05, 0.1) is 19.1 Å². The Hall–Kier alpha value is -2.32. The molecule has 0 saturated carbocycles. The van der Waals surface area contributed by atoms with Crippen LogP contribution in [0, 0.1) is 0 Å². The number of rotatable bonds is 9. The smallest absolute Gasteiger partial charge is 0.364 e. The van der Waals surface area contributed by atoms with Crippen molar-refractivity contribution in [3.8, 4) is 0 Å². The second-order valence-corrected chi connectivity index (χ2v) is 6.31. The van der Waals surface area contributed by atoms with E-state index in [9.17, 15) is 34.5 Å². The fourth-order valence-corrected chi connectivity index (χ4v) is 2.96. The van der Waals surface area contributed by atoms with Gasteiger partial charge in [-0.15, -0.1) is 0 Å². The van der Waals surface area contributed by atoms with E-state index in [4.69, 9.17) is 24.1 Å². The zero-order valence-electron chi connectivity index (χ0n) is 16.1. The fourth-order valence-electron chi connectivity index (χ4n) is 2.96. The van der Waals surface area contributed by atoms with E-state index in [1.165, 1.54) is 0 Å². The van der Waals surface area contributed by atoms with E-state index in [0.717, 1.165) is 21.0 Å². The molecule has 1 aliphatic rings. The average molecular weight is 423 g/mol. The van der Waals surface area contributed by atoms with Gasteiger partial charge in [-0.25, -0.2) is 4.79 Å². The van der Waals surface area contributed by atoms with Gasteiger partial charge in [0.15, 0.2) is 6.10 Å². The maximum absolute atomic E-state index is 11.8. The van der Waals surface area contributed by atoms with E-state index < -0.39 is 79.7 Å². The summed E-state index contributed by atoms with van der Waals surface area (Å²) in [5.41, 5.74) is 0. The molecule has 0 bridgehead atoms. The average Bonchev–Trinajstić information content (AvgIpc) is 2.62. The Balaban J connectivity index is 3.49.